The van der Waals surface area contributed by atoms with Gasteiger partial charge in [-0.3, -0.25) is 14.7 Å². The standard InChI is InChI=1S/C19H8F7N3O2/c1-7-11(17(30)8-2-4-9(5-3-8)19(24,25)26)18(31)29(28-7)16-14(22)12(20)10(6-27)13(21)15(16)23/h2-5,28H,1H3. The molecule has 0 aliphatic carbocycles. The fourth-order valence-corrected chi connectivity index (χ4v) is 2.84. The summed E-state index contributed by atoms with van der Waals surface area (Å²) in [5.41, 5.74) is -6.89. The van der Waals surface area contributed by atoms with Gasteiger partial charge >= 0.3 is 6.18 Å². The molecule has 160 valence electrons. The lowest BCUT2D eigenvalue weighted by atomic mass is 10.0. The van der Waals surface area contributed by atoms with Gasteiger partial charge in [-0.05, 0) is 19.1 Å². The van der Waals surface area contributed by atoms with E-state index in [2.05, 4.69) is 5.10 Å². The molecule has 0 saturated carbocycles. The SMILES string of the molecule is Cc1[nH]n(-c2c(F)c(F)c(C#N)c(F)c2F)c(=O)c1C(=O)c1ccc(C(F)(F)F)cc1. The molecule has 5 nitrogen and oxygen atoms in total. The Morgan fingerprint density at radius 1 is 1.00 bits per heavy atom. The maximum absolute atomic E-state index is 14.3. The second-order valence-corrected chi connectivity index (χ2v) is 6.25. The largest absolute Gasteiger partial charge is 0.416 e. The van der Waals surface area contributed by atoms with E-state index in [1.807, 2.05) is 0 Å². The van der Waals surface area contributed by atoms with Crippen LogP contribution in [0.5, 0.6) is 0 Å². The van der Waals surface area contributed by atoms with Crippen LogP contribution in [0.1, 0.15) is 32.7 Å². The molecule has 1 heterocycles. The lowest BCUT2D eigenvalue weighted by Crippen LogP contribution is -2.24. The predicted octanol–water partition coefficient (Wildman–Crippen LogP) is 4.15. The highest BCUT2D eigenvalue weighted by molar-refractivity contribution is 6.09. The molecule has 0 aliphatic rings. The van der Waals surface area contributed by atoms with Crippen LogP contribution in [0.3, 0.4) is 0 Å². The summed E-state index contributed by atoms with van der Waals surface area (Å²) in [6.45, 7) is 1.13. The fourth-order valence-electron chi connectivity index (χ4n) is 2.84. The molecular formula is C19H8F7N3O2. The van der Waals surface area contributed by atoms with E-state index >= 15 is 0 Å². The van der Waals surface area contributed by atoms with Crippen molar-refractivity contribution in [3.05, 3.63) is 85.8 Å². The Hall–Kier alpha value is -3.88. The first kappa shape index (κ1) is 21.8. The summed E-state index contributed by atoms with van der Waals surface area (Å²) in [7, 11) is 0. The maximum Gasteiger partial charge on any atom is 0.416 e. The number of alkyl halides is 3. The number of H-pyrrole nitrogens is 1. The van der Waals surface area contributed by atoms with Crippen molar-refractivity contribution in [2.75, 3.05) is 0 Å². The number of aromatic nitrogens is 2. The summed E-state index contributed by atoms with van der Waals surface area (Å²) in [6.07, 6.45) is -4.67. The average Bonchev–Trinajstić information content (AvgIpc) is 3.00. The number of nitrogens with zero attached hydrogens (tertiary/aromatic N) is 2. The highest BCUT2D eigenvalue weighted by atomic mass is 19.4. The number of carbonyl (C=O) groups is 1. The lowest BCUT2D eigenvalue weighted by molar-refractivity contribution is -0.137. The van der Waals surface area contributed by atoms with E-state index in [-0.39, 0.29) is 15.9 Å². The van der Waals surface area contributed by atoms with Gasteiger partial charge in [0.05, 0.1) is 5.56 Å². The zero-order valence-corrected chi connectivity index (χ0v) is 15.2. The smallest absolute Gasteiger partial charge is 0.294 e. The molecule has 0 saturated heterocycles. The Bertz CT molecular complexity index is 1280. The molecule has 3 aromatic rings. The van der Waals surface area contributed by atoms with Crippen molar-refractivity contribution >= 4 is 5.78 Å². The number of benzene rings is 2. The number of nitrogens with one attached hydrogen (secondary N) is 1. The lowest BCUT2D eigenvalue weighted by Gasteiger charge is -2.08. The van der Waals surface area contributed by atoms with Gasteiger partial charge < -0.3 is 0 Å². The number of aryl methyl sites for hydroxylation is 1. The van der Waals surface area contributed by atoms with Crippen molar-refractivity contribution in [3.8, 4) is 11.8 Å². The van der Waals surface area contributed by atoms with E-state index in [1.165, 1.54) is 0 Å². The summed E-state index contributed by atoms with van der Waals surface area (Å²) in [6, 6.07) is 3.73. The highest BCUT2D eigenvalue weighted by Crippen LogP contribution is 2.30. The number of ketones is 1. The molecule has 3 rings (SSSR count). The molecule has 0 amide bonds. The number of halogens is 7. The van der Waals surface area contributed by atoms with Gasteiger partial charge in [0, 0.05) is 11.3 Å². The Labute approximate surface area is 167 Å². The van der Waals surface area contributed by atoms with E-state index in [0.717, 1.165) is 25.1 Å². The molecule has 0 bridgehead atoms. The van der Waals surface area contributed by atoms with Crippen molar-refractivity contribution in [2.24, 2.45) is 0 Å². The van der Waals surface area contributed by atoms with Gasteiger partial charge in [-0.25, -0.2) is 22.2 Å². The molecule has 0 atom stereocenters. The zero-order valence-electron chi connectivity index (χ0n) is 15.2. The Kier molecular flexibility index (Phi) is 5.23. The second-order valence-electron chi connectivity index (χ2n) is 6.25. The van der Waals surface area contributed by atoms with Gasteiger partial charge in [0.2, 0.25) is 0 Å². The molecule has 0 unspecified atom stereocenters. The van der Waals surface area contributed by atoms with Crippen LogP contribution in [0.15, 0.2) is 29.1 Å². The minimum Gasteiger partial charge on any atom is -0.294 e. The third kappa shape index (κ3) is 3.48. The van der Waals surface area contributed by atoms with Crippen LogP contribution in [-0.2, 0) is 6.18 Å². The quantitative estimate of drug-likeness (QED) is 0.375. The number of hydrogen-bond donors (Lipinski definition) is 1. The average molecular weight is 443 g/mol. The second kappa shape index (κ2) is 7.42. The summed E-state index contributed by atoms with van der Waals surface area (Å²) in [5, 5.41) is 10.7. The van der Waals surface area contributed by atoms with Gasteiger partial charge in [-0.2, -0.15) is 18.4 Å². The van der Waals surface area contributed by atoms with Crippen LogP contribution in [0, 0.1) is 41.5 Å². The minimum atomic E-state index is -4.67. The predicted molar refractivity (Wildman–Crippen MR) is 90.6 cm³/mol. The molecule has 0 aliphatic heterocycles. The third-order valence-corrected chi connectivity index (χ3v) is 4.35. The van der Waals surface area contributed by atoms with E-state index in [1.54, 1.807) is 0 Å². The first-order chi connectivity index (χ1) is 14.4. The molecule has 0 spiro atoms. The first-order valence-corrected chi connectivity index (χ1v) is 8.20. The summed E-state index contributed by atoms with van der Waals surface area (Å²) in [5.74, 6) is -9.32. The van der Waals surface area contributed by atoms with E-state index in [0.29, 0.717) is 12.1 Å². The monoisotopic (exact) mass is 443 g/mol. The van der Waals surface area contributed by atoms with Crippen LogP contribution in [0.25, 0.3) is 5.69 Å². The van der Waals surface area contributed by atoms with Crippen molar-refractivity contribution in [2.45, 2.75) is 13.1 Å². The van der Waals surface area contributed by atoms with Crippen LogP contribution < -0.4 is 5.56 Å². The summed E-state index contributed by atoms with van der Waals surface area (Å²) >= 11 is 0. The van der Waals surface area contributed by atoms with Gasteiger partial charge in [0.1, 0.15) is 22.9 Å². The number of rotatable bonds is 3. The van der Waals surface area contributed by atoms with Crippen molar-refractivity contribution < 1.29 is 35.5 Å². The summed E-state index contributed by atoms with van der Waals surface area (Å²) < 4.78 is 94.4. The Morgan fingerprint density at radius 3 is 1.97 bits per heavy atom. The van der Waals surface area contributed by atoms with Gasteiger partial charge in [0.25, 0.3) is 5.56 Å². The fraction of sp³-hybridized carbons (Fsp3) is 0.105. The van der Waals surface area contributed by atoms with Gasteiger partial charge in [-0.1, -0.05) is 12.1 Å². The molecule has 31 heavy (non-hydrogen) atoms. The van der Waals surface area contributed by atoms with Crippen molar-refractivity contribution in [1.82, 2.24) is 9.78 Å². The van der Waals surface area contributed by atoms with Crippen molar-refractivity contribution in [3.63, 3.8) is 0 Å². The molecule has 2 aromatic carbocycles. The first-order valence-electron chi connectivity index (χ1n) is 8.20. The van der Waals surface area contributed by atoms with Gasteiger partial charge in [-0.15, -0.1) is 0 Å². The molecule has 1 N–H and O–H groups in total. The van der Waals surface area contributed by atoms with Crippen molar-refractivity contribution in [1.29, 1.82) is 5.26 Å². The number of carbonyl (C=O) groups excluding carboxylic acids is 1. The topological polar surface area (TPSA) is 78.7 Å². The van der Waals surface area contributed by atoms with Crippen LogP contribution >= 0.6 is 0 Å². The number of hydrogen-bond acceptors (Lipinski definition) is 3. The van der Waals surface area contributed by atoms with Crippen LogP contribution in [-0.4, -0.2) is 15.6 Å². The van der Waals surface area contributed by atoms with E-state index in [9.17, 15) is 40.3 Å². The van der Waals surface area contributed by atoms with E-state index < -0.39 is 63.2 Å². The number of aromatic amines is 1. The van der Waals surface area contributed by atoms with Crippen LogP contribution in [0.2, 0.25) is 0 Å². The zero-order chi connectivity index (χ0) is 23.2. The molecule has 0 radical (unpaired) electrons. The highest BCUT2D eigenvalue weighted by Gasteiger charge is 2.32. The number of nitriles is 1. The minimum absolute atomic E-state index is 0.0324. The Morgan fingerprint density at radius 2 is 1.52 bits per heavy atom. The molecule has 12 heteroatoms. The van der Waals surface area contributed by atoms with Crippen LogP contribution in [0.4, 0.5) is 30.7 Å². The normalized spacial score (nSPS) is 11.5. The molecular weight excluding hydrogens is 435 g/mol. The van der Waals surface area contributed by atoms with E-state index in [4.69, 9.17) is 5.26 Å². The molecule has 0 fully saturated rings. The summed E-state index contributed by atoms with van der Waals surface area (Å²) in [4.78, 5) is 25.2. The van der Waals surface area contributed by atoms with Gasteiger partial charge in [0.15, 0.2) is 29.1 Å². The molecule has 1 aromatic heterocycles. The maximum atomic E-state index is 14.3. The Balaban J connectivity index is 2.16. The third-order valence-electron chi connectivity index (χ3n) is 4.35.